The van der Waals surface area contributed by atoms with E-state index in [1.807, 2.05) is 85.1 Å². The van der Waals surface area contributed by atoms with E-state index in [9.17, 15) is 4.79 Å². The third kappa shape index (κ3) is 4.79. The Balaban J connectivity index is 1.19. The molecule has 1 amide bonds. The summed E-state index contributed by atoms with van der Waals surface area (Å²) in [7, 11) is 0. The van der Waals surface area contributed by atoms with Crippen LogP contribution in [0.15, 0.2) is 90.2 Å². The SMILES string of the molecule is O=C(N/N=C/c1c[nH]c2ccccc12)C1CC(c2ccccc2OCc2ccccc2)NN1. The van der Waals surface area contributed by atoms with Gasteiger partial charge in [-0.05, 0) is 24.1 Å². The average Bonchev–Trinajstić information content (AvgIpc) is 3.52. The van der Waals surface area contributed by atoms with Gasteiger partial charge in [-0.25, -0.2) is 16.3 Å². The van der Waals surface area contributed by atoms with Crippen molar-refractivity contribution in [3.8, 4) is 5.75 Å². The molecule has 7 heteroatoms. The first-order valence-corrected chi connectivity index (χ1v) is 10.9. The van der Waals surface area contributed by atoms with E-state index in [-0.39, 0.29) is 11.9 Å². The standard InChI is InChI=1S/C26H25N5O2/c32-26(31-28-16-19-15-27-22-12-6-4-10-20(19)22)24-14-23(29-30-24)21-11-5-7-13-25(21)33-17-18-8-2-1-3-9-18/h1-13,15-16,23-24,27,29-30H,14,17H2,(H,31,32)/b28-16+. The van der Waals surface area contributed by atoms with Crippen LogP contribution < -0.4 is 21.0 Å². The number of benzene rings is 3. The molecule has 2 unspecified atom stereocenters. The van der Waals surface area contributed by atoms with Crippen LogP contribution >= 0.6 is 0 Å². The molecule has 1 saturated heterocycles. The second kappa shape index (κ2) is 9.68. The topological polar surface area (TPSA) is 90.5 Å². The summed E-state index contributed by atoms with van der Waals surface area (Å²) in [5.74, 6) is 0.614. The number of aromatic nitrogens is 1. The summed E-state index contributed by atoms with van der Waals surface area (Å²) in [6.45, 7) is 0.491. The highest BCUT2D eigenvalue weighted by atomic mass is 16.5. The molecule has 0 bridgehead atoms. The van der Waals surface area contributed by atoms with E-state index in [2.05, 4.69) is 26.4 Å². The predicted octanol–water partition coefficient (Wildman–Crippen LogP) is 3.80. The van der Waals surface area contributed by atoms with Crippen LogP contribution in [0.4, 0.5) is 0 Å². The van der Waals surface area contributed by atoms with Gasteiger partial charge in [0.05, 0.1) is 12.3 Å². The molecule has 1 aliphatic rings. The molecule has 5 rings (SSSR count). The molecule has 3 aromatic carbocycles. The van der Waals surface area contributed by atoms with Gasteiger partial charge in [0.2, 0.25) is 0 Å². The summed E-state index contributed by atoms with van der Waals surface area (Å²) < 4.78 is 6.08. The summed E-state index contributed by atoms with van der Waals surface area (Å²) in [6, 6.07) is 25.5. The first-order valence-electron chi connectivity index (χ1n) is 10.9. The number of hydrazine groups is 1. The molecule has 1 fully saturated rings. The molecule has 0 saturated carbocycles. The third-order valence-electron chi connectivity index (χ3n) is 5.75. The van der Waals surface area contributed by atoms with E-state index in [0.29, 0.717) is 13.0 Å². The summed E-state index contributed by atoms with van der Waals surface area (Å²) in [5, 5.41) is 5.21. The van der Waals surface area contributed by atoms with Crippen LogP contribution in [-0.2, 0) is 11.4 Å². The minimum atomic E-state index is -0.405. The van der Waals surface area contributed by atoms with E-state index in [1.165, 1.54) is 0 Å². The maximum atomic E-state index is 12.6. The van der Waals surface area contributed by atoms with Gasteiger partial charge in [-0.15, -0.1) is 0 Å². The van der Waals surface area contributed by atoms with Crippen molar-refractivity contribution in [3.63, 3.8) is 0 Å². The Morgan fingerprint density at radius 2 is 1.79 bits per heavy atom. The number of aromatic amines is 1. The summed E-state index contributed by atoms with van der Waals surface area (Å²) >= 11 is 0. The van der Waals surface area contributed by atoms with Crippen molar-refractivity contribution in [2.75, 3.05) is 0 Å². The Kier molecular flexibility index (Phi) is 6.14. The maximum absolute atomic E-state index is 12.6. The molecule has 33 heavy (non-hydrogen) atoms. The third-order valence-corrected chi connectivity index (χ3v) is 5.75. The zero-order valence-electron chi connectivity index (χ0n) is 18.0. The lowest BCUT2D eigenvalue weighted by atomic mass is 10.0. The van der Waals surface area contributed by atoms with Gasteiger partial charge in [0.1, 0.15) is 18.4 Å². The molecule has 2 atom stereocenters. The van der Waals surface area contributed by atoms with Crippen LogP contribution in [0.5, 0.6) is 5.75 Å². The lowest BCUT2D eigenvalue weighted by molar-refractivity contribution is -0.122. The molecule has 7 nitrogen and oxygen atoms in total. The van der Waals surface area contributed by atoms with Crippen molar-refractivity contribution < 1.29 is 9.53 Å². The minimum Gasteiger partial charge on any atom is -0.489 e. The lowest BCUT2D eigenvalue weighted by Crippen LogP contribution is -2.41. The Labute approximate surface area is 191 Å². The van der Waals surface area contributed by atoms with E-state index in [4.69, 9.17) is 4.74 Å². The van der Waals surface area contributed by atoms with Crippen LogP contribution in [0.1, 0.15) is 29.2 Å². The number of carbonyl (C=O) groups is 1. The monoisotopic (exact) mass is 439 g/mol. The number of hydrogen-bond acceptors (Lipinski definition) is 5. The number of fused-ring (bicyclic) bond motifs is 1. The Bertz CT molecular complexity index is 1270. The Morgan fingerprint density at radius 3 is 2.70 bits per heavy atom. The number of hydrazone groups is 1. The molecule has 0 radical (unpaired) electrons. The molecule has 0 aliphatic carbocycles. The zero-order valence-corrected chi connectivity index (χ0v) is 18.0. The van der Waals surface area contributed by atoms with Crippen LogP contribution in [0, 0.1) is 0 Å². The quantitative estimate of drug-likeness (QED) is 0.260. The number of nitrogens with zero attached hydrogens (tertiary/aromatic N) is 1. The van der Waals surface area contributed by atoms with Gasteiger partial charge in [0.25, 0.3) is 5.91 Å². The maximum Gasteiger partial charge on any atom is 0.258 e. The van der Waals surface area contributed by atoms with Crippen molar-refractivity contribution in [3.05, 3.63) is 102 Å². The van der Waals surface area contributed by atoms with Gasteiger partial charge in [-0.1, -0.05) is 66.7 Å². The molecule has 4 N–H and O–H groups in total. The second-order valence-electron chi connectivity index (χ2n) is 7.97. The summed E-state index contributed by atoms with van der Waals surface area (Å²) in [4.78, 5) is 15.8. The van der Waals surface area contributed by atoms with E-state index in [0.717, 1.165) is 33.3 Å². The van der Waals surface area contributed by atoms with Gasteiger partial charge in [-0.2, -0.15) is 5.10 Å². The molecule has 1 aliphatic heterocycles. The van der Waals surface area contributed by atoms with Crippen molar-refractivity contribution in [2.45, 2.75) is 25.1 Å². The van der Waals surface area contributed by atoms with E-state index < -0.39 is 6.04 Å². The fourth-order valence-electron chi connectivity index (χ4n) is 4.01. The van der Waals surface area contributed by atoms with Gasteiger partial charge < -0.3 is 9.72 Å². The van der Waals surface area contributed by atoms with Crippen molar-refractivity contribution in [1.82, 2.24) is 21.3 Å². The summed E-state index contributed by atoms with van der Waals surface area (Å²) in [5.41, 5.74) is 13.0. The number of para-hydroxylation sites is 2. The normalized spacial score (nSPS) is 18.1. The first-order chi connectivity index (χ1) is 16.3. The molecular weight excluding hydrogens is 414 g/mol. The number of H-pyrrole nitrogens is 1. The molecule has 4 aromatic rings. The second-order valence-corrected chi connectivity index (χ2v) is 7.97. The van der Waals surface area contributed by atoms with Crippen molar-refractivity contribution >= 4 is 23.0 Å². The highest BCUT2D eigenvalue weighted by Gasteiger charge is 2.31. The van der Waals surface area contributed by atoms with Crippen molar-refractivity contribution in [1.29, 1.82) is 0 Å². The van der Waals surface area contributed by atoms with Crippen LogP contribution in [-0.4, -0.2) is 23.1 Å². The van der Waals surface area contributed by atoms with Crippen LogP contribution in [0.3, 0.4) is 0 Å². The van der Waals surface area contributed by atoms with E-state index >= 15 is 0 Å². The first kappa shape index (κ1) is 20.9. The number of carbonyl (C=O) groups excluding carboxylic acids is 1. The highest BCUT2D eigenvalue weighted by molar-refractivity contribution is 5.99. The lowest BCUT2D eigenvalue weighted by Gasteiger charge is -2.16. The largest absolute Gasteiger partial charge is 0.489 e. The summed E-state index contributed by atoms with van der Waals surface area (Å²) in [6.07, 6.45) is 4.11. The number of amides is 1. The van der Waals surface area contributed by atoms with E-state index in [1.54, 1.807) is 6.21 Å². The van der Waals surface area contributed by atoms with Crippen LogP contribution in [0.2, 0.25) is 0 Å². The number of rotatable bonds is 7. The van der Waals surface area contributed by atoms with Gasteiger partial charge in [0, 0.05) is 28.2 Å². The van der Waals surface area contributed by atoms with Crippen LogP contribution in [0.25, 0.3) is 10.9 Å². The van der Waals surface area contributed by atoms with Crippen molar-refractivity contribution in [2.24, 2.45) is 5.10 Å². The molecule has 1 aromatic heterocycles. The minimum absolute atomic E-state index is 0.0506. The van der Waals surface area contributed by atoms with Gasteiger partial charge >= 0.3 is 0 Å². The average molecular weight is 440 g/mol. The molecule has 2 heterocycles. The Hall–Kier alpha value is -3.94. The number of ether oxygens (including phenoxy) is 1. The fourth-order valence-corrected chi connectivity index (χ4v) is 4.01. The molecular formula is C26H25N5O2. The predicted molar refractivity (Wildman–Crippen MR) is 129 cm³/mol. The Morgan fingerprint density at radius 1 is 1.00 bits per heavy atom. The smallest absolute Gasteiger partial charge is 0.258 e. The van der Waals surface area contributed by atoms with Gasteiger partial charge in [0.15, 0.2) is 0 Å². The number of nitrogens with one attached hydrogen (secondary N) is 4. The fraction of sp³-hybridized carbons (Fsp3) is 0.154. The van der Waals surface area contributed by atoms with Gasteiger partial charge in [-0.3, -0.25) is 4.79 Å². The number of hydrogen-bond donors (Lipinski definition) is 4. The zero-order chi connectivity index (χ0) is 22.5. The molecule has 166 valence electrons. The highest BCUT2D eigenvalue weighted by Crippen LogP contribution is 2.30. The molecule has 0 spiro atoms.